The molecule has 26 heavy (non-hydrogen) atoms. The maximum Gasteiger partial charge on any atom is 0.356 e. The van der Waals surface area contributed by atoms with Crippen molar-refractivity contribution in [1.82, 2.24) is 15.0 Å². The zero-order valence-electron chi connectivity index (χ0n) is 14.2. The third-order valence-corrected chi connectivity index (χ3v) is 4.73. The first-order chi connectivity index (χ1) is 12.8. The largest absolute Gasteiger partial charge is 0.361 e. The predicted molar refractivity (Wildman–Crippen MR) is 101 cm³/mol. The molecule has 3 heterocycles. The molecule has 1 saturated carbocycles. The normalized spacial score (nSPS) is 13.8. The van der Waals surface area contributed by atoms with Gasteiger partial charge in [0.25, 0.3) is 5.82 Å². The van der Waals surface area contributed by atoms with Gasteiger partial charge in [-0.15, -0.1) is 0 Å². The molecule has 0 amide bonds. The summed E-state index contributed by atoms with van der Waals surface area (Å²) in [5.41, 5.74) is 10.0. The number of aromatic nitrogens is 4. The molecule has 0 radical (unpaired) electrons. The molecule has 0 spiro atoms. The van der Waals surface area contributed by atoms with E-state index in [4.69, 9.17) is 15.7 Å². The SMILES string of the molecule is Nc1nc(-[n+]2ccccc2)c(-c2ccc3ncccc3c2)nc1C1CC1. The second-order valence-corrected chi connectivity index (χ2v) is 6.63. The molecule has 1 aliphatic rings. The molecule has 0 aliphatic heterocycles. The van der Waals surface area contributed by atoms with Crippen LogP contribution in [0.2, 0.25) is 0 Å². The molecule has 5 heteroatoms. The smallest absolute Gasteiger partial charge is 0.356 e. The van der Waals surface area contributed by atoms with Gasteiger partial charge in [0.05, 0.1) is 17.9 Å². The predicted octanol–water partition coefficient (Wildman–Crippen LogP) is 3.43. The van der Waals surface area contributed by atoms with E-state index in [1.54, 1.807) is 0 Å². The van der Waals surface area contributed by atoms with Crippen molar-refractivity contribution in [3.05, 3.63) is 72.8 Å². The molecule has 0 saturated heterocycles. The summed E-state index contributed by atoms with van der Waals surface area (Å²) in [7, 11) is 0. The van der Waals surface area contributed by atoms with E-state index in [9.17, 15) is 0 Å². The fraction of sp³-hybridized carbons (Fsp3) is 0.143. The van der Waals surface area contributed by atoms with E-state index in [0.717, 1.165) is 46.5 Å². The first-order valence-electron chi connectivity index (χ1n) is 8.79. The first-order valence-corrected chi connectivity index (χ1v) is 8.79. The van der Waals surface area contributed by atoms with Gasteiger partial charge in [0.15, 0.2) is 5.69 Å². The highest BCUT2D eigenvalue weighted by molar-refractivity contribution is 5.84. The average molecular weight is 340 g/mol. The molecule has 0 bridgehead atoms. The fourth-order valence-corrected chi connectivity index (χ4v) is 3.25. The minimum absolute atomic E-state index is 0.443. The number of rotatable bonds is 3. The molecule has 4 aromatic rings. The zero-order chi connectivity index (χ0) is 17.5. The monoisotopic (exact) mass is 340 g/mol. The van der Waals surface area contributed by atoms with Crippen LogP contribution in [0.1, 0.15) is 24.5 Å². The fourth-order valence-electron chi connectivity index (χ4n) is 3.25. The van der Waals surface area contributed by atoms with Gasteiger partial charge in [-0.3, -0.25) is 4.98 Å². The van der Waals surface area contributed by atoms with Crippen molar-refractivity contribution < 1.29 is 4.57 Å². The van der Waals surface area contributed by atoms with Gasteiger partial charge in [-0.2, -0.15) is 0 Å². The summed E-state index contributed by atoms with van der Waals surface area (Å²) in [6.07, 6.45) is 8.01. The zero-order valence-corrected chi connectivity index (χ0v) is 14.2. The minimum atomic E-state index is 0.443. The quantitative estimate of drug-likeness (QED) is 0.580. The maximum absolute atomic E-state index is 6.24. The molecule has 3 aromatic heterocycles. The molecule has 126 valence electrons. The number of pyridine rings is 2. The summed E-state index contributed by atoms with van der Waals surface area (Å²) in [6, 6.07) is 16.1. The molecule has 1 fully saturated rings. The lowest BCUT2D eigenvalue weighted by atomic mass is 10.1. The van der Waals surface area contributed by atoms with Crippen molar-refractivity contribution in [2.75, 3.05) is 5.73 Å². The summed E-state index contributed by atoms with van der Waals surface area (Å²) in [6.45, 7) is 0. The number of anilines is 1. The van der Waals surface area contributed by atoms with Crippen LogP contribution in [-0.2, 0) is 0 Å². The molecule has 5 rings (SSSR count). The van der Waals surface area contributed by atoms with E-state index >= 15 is 0 Å². The topological polar surface area (TPSA) is 68.6 Å². The van der Waals surface area contributed by atoms with Gasteiger partial charge in [-0.05, 0) is 48.2 Å². The van der Waals surface area contributed by atoms with Gasteiger partial charge in [-0.1, -0.05) is 18.2 Å². The van der Waals surface area contributed by atoms with Gasteiger partial charge < -0.3 is 5.73 Å². The van der Waals surface area contributed by atoms with Crippen LogP contribution >= 0.6 is 0 Å². The standard InChI is InChI=1S/C21H18N5/c22-20-18(14-6-7-14)24-19(21(25-20)26-11-2-1-3-12-26)16-8-9-17-15(13-16)5-4-10-23-17/h1-5,8-14H,6-7H2,(H2,22,25)/q+1. The summed E-state index contributed by atoms with van der Waals surface area (Å²) in [4.78, 5) is 14.1. The molecule has 2 N–H and O–H groups in total. The molecular formula is C21H18N5+. The Morgan fingerprint density at radius 1 is 0.962 bits per heavy atom. The van der Waals surface area contributed by atoms with E-state index in [0.29, 0.717) is 11.7 Å². The second-order valence-electron chi connectivity index (χ2n) is 6.63. The summed E-state index contributed by atoms with van der Waals surface area (Å²) in [5.74, 6) is 1.72. The van der Waals surface area contributed by atoms with Gasteiger partial charge in [-0.25, -0.2) is 9.55 Å². The van der Waals surface area contributed by atoms with Crippen LogP contribution in [0, 0.1) is 0 Å². The van der Waals surface area contributed by atoms with E-state index < -0.39 is 0 Å². The third kappa shape index (κ3) is 2.58. The highest BCUT2D eigenvalue weighted by atomic mass is 15.1. The number of benzene rings is 1. The number of nitrogens with two attached hydrogens (primary N) is 1. The van der Waals surface area contributed by atoms with Crippen molar-refractivity contribution in [3.63, 3.8) is 0 Å². The van der Waals surface area contributed by atoms with Crippen molar-refractivity contribution in [1.29, 1.82) is 0 Å². The number of nitrogen functional groups attached to an aromatic ring is 1. The van der Waals surface area contributed by atoms with Crippen LogP contribution in [-0.4, -0.2) is 15.0 Å². The Hall–Kier alpha value is -3.34. The van der Waals surface area contributed by atoms with E-state index in [1.165, 1.54) is 0 Å². The van der Waals surface area contributed by atoms with Crippen molar-refractivity contribution in [2.45, 2.75) is 18.8 Å². The Balaban J connectivity index is 1.75. The Morgan fingerprint density at radius 2 is 1.81 bits per heavy atom. The highest BCUT2D eigenvalue weighted by Gasteiger charge is 2.33. The lowest BCUT2D eigenvalue weighted by Crippen LogP contribution is -2.32. The Labute approximate surface area is 151 Å². The summed E-state index contributed by atoms with van der Waals surface area (Å²) in [5, 5.41) is 1.08. The summed E-state index contributed by atoms with van der Waals surface area (Å²) >= 11 is 0. The van der Waals surface area contributed by atoms with Crippen molar-refractivity contribution in [3.8, 4) is 17.1 Å². The minimum Gasteiger partial charge on any atom is -0.361 e. The second kappa shape index (κ2) is 5.88. The maximum atomic E-state index is 6.24. The molecule has 0 unspecified atom stereocenters. The molecule has 1 aliphatic carbocycles. The Bertz CT molecular complexity index is 1100. The van der Waals surface area contributed by atoms with Crippen LogP contribution < -0.4 is 10.3 Å². The number of fused-ring (bicyclic) bond motifs is 1. The first kappa shape index (κ1) is 15.0. The van der Waals surface area contributed by atoms with Crippen LogP contribution in [0.3, 0.4) is 0 Å². The van der Waals surface area contributed by atoms with Crippen LogP contribution in [0.4, 0.5) is 5.82 Å². The molecule has 0 atom stereocenters. The molecule has 1 aromatic carbocycles. The van der Waals surface area contributed by atoms with Crippen molar-refractivity contribution in [2.24, 2.45) is 0 Å². The van der Waals surface area contributed by atoms with Gasteiger partial charge in [0.1, 0.15) is 5.69 Å². The van der Waals surface area contributed by atoms with E-state index in [2.05, 4.69) is 23.2 Å². The van der Waals surface area contributed by atoms with Gasteiger partial charge in [0.2, 0.25) is 0 Å². The van der Waals surface area contributed by atoms with Gasteiger partial charge >= 0.3 is 5.82 Å². The average Bonchev–Trinajstić information content (AvgIpc) is 3.53. The number of nitrogens with zero attached hydrogens (tertiary/aromatic N) is 4. The number of hydrogen-bond donors (Lipinski definition) is 1. The van der Waals surface area contributed by atoms with Crippen LogP contribution in [0.5, 0.6) is 0 Å². The summed E-state index contributed by atoms with van der Waals surface area (Å²) < 4.78 is 1.96. The van der Waals surface area contributed by atoms with E-state index in [1.807, 2.05) is 53.5 Å². The highest BCUT2D eigenvalue weighted by Crippen LogP contribution is 2.42. The lowest BCUT2D eigenvalue weighted by molar-refractivity contribution is -0.599. The van der Waals surface area contributed by atoms with Crippen LogP contribution in [0.25, 0.3) is 28.0 Å². The van der Waals surface area contributed by atoms with Gasteiger partial charge in [0, 0.05) is 23.1 Å². The lowest BCUT2D eigenvalue weighted by Gasteiger charge is -2.08. The molecular weight excluding hydrogens is 322 g/mol. The third-order valence-electron chi connectivity index (χ3n) is 4.73. The van der Waals surface area contributed by atoms with Crippen LogP contribution in [0.15, 0.2) is 67.1 Å². The number of hydrogen-bond acceptors (Lipinski definition) is 4. The van der Waals surface area contributed by atoms with E-state index in [-0.39, 0.29) is 0 Å². The molecule has 5 nitrogen and oxygen atoms in total. The Morgan fingerprint density at radius 3 is 2.62 bits per heavy atom. The Kier molecular flexibility index (Phi) is 3.38. The van der Waals surface area contributed by atoms with Crippen molar-refractivity contribution >= 4 is 16.7 Å².